The first-order chi connectivity index (χ1) is 11.5. The molecule has 0 unspecified atom stereocenters. The van der Waals surface area contributed by atoms with Crippen LogP contribution in [-0.2, 0) is 10.0 Å². The molecule has 0 atom stereocenters. The molecule has 3 rings (SSSR count). The van der Waals surface area contributed by atoms with E-state index >= 15 is 0 Å². The molecule has 2 N–H and O–H groups in total. The molecule has 1 amide bonds. The van der Waals surface area contributed by atoms with Crippen LogP contribution in [0.2, 0.25) is 0 Å². The van der Waals surface area contributed by atoms with Gasteiger partial charge in [-0.05, 0) is 43.2 Å². The SMILES string of the molecule is N#Cc1ccccc1S(=O)(=O)Nc1cccc(C(=O)NC2CC2)c1. The molecule has 0 radical (unpaired) electrons. The maximum absolute atomic E-state index is 12.5. The number of benzene rings is 2. The highest BCUT2D eigenvalue weighted by atomic mass is 32.2. The van der Waals surface area contributed by atoms with Crippen LogP contribution in [0.25, 0.3) is 0 Å². The first-order valence-corrected chi connectivity index (χ1v) is 8.91. The third-order valence-corrected chi connectivity index (χ3v) is 5.03. The van der Waals surface area contributed by atoms with Crippen molar-refractivity contribution in [1.82, 2.24) is 5.32 Å². The number of nitriles is 1. The number of nitrogens with zero attached hydrogens (tertiary/aromatic N) is 1. The maximum Gasteiger partial charge on any atom is 0.263 e. The lowest BCUT2D eigenvalue weighted by Crippen LogP contribution is -2.25. The molecule has 0 spiro atoms. The van der Waals surface area contributed by atoms with Crippen molar-refractivity contribution < 1.29 is 13.2 Å². The van der Waals surface area contributed by atoms with Crippen LogP contribution < -0.4 is 10.0 Å². The van der Waals surface area contributed by atoms with Crippen molar-refractivity contribution in [3.63, 3.8) is 0 Å². The van der Waals surface area contributed by atoms with Gasteiger partial charge in [0.2, 0.25) is 0 Å². The van der Waals surface area contributed by atoms with Gasteiger partial charge in [-0.3, -0.25) is 9.52 Å². The summed E-state index contributed by atoms with van der Waals surface area (Å²) in [6, 6.07) is 14.3. The van der Waals surface area contributed by atoms with Crippen molar-refractivity contribution in [2.24, 2.45) is 0 Å². The first kappa shape index (κ1) is 16.0. The highest BCUT2D eigenvalue weighted by Gasteiger charge is 2.24. The lowest BCUT2D eigenvalue weighted by Gasteiger charge is -2.10. The van der Waals surface area contributed by atoms with Crippen LogP contribution in [0, 0.1) is 11.3 Å². The van der Waals surface area contributed by atoms with E-state index in [-0.39, 0.29) is 28.1 Å². The Labute approximate surface area is 140 Å². The summed E-state index contributed by atoms with van der Waals surface area (Å²) < 4.78 is 27.4. The van der Waals surface area contributed by atoms with Gasteiger partial charge in [0, 0.05) is 17.3 Å². The number of sulfonamides is 1. The number of anilines is 1. The van der Waals surface area contributed by atoms with E-state index in [4.69, 9.17) is 5.26 Å². The Kier molecular flexibility index (Phi) is 4.23. The van der Waals surface area contributed by atoms with E-state index < -0.39 is 10.0 Å². The van der Waals surface area contributed by atoms with Gasteiger partial charge in [-0.25, -0.2) is 8.42 Å². The number of nitrogens with one attached hydrogen (secondary N) is 2. The lowest BCUT2D eigenvalue weighted by molar-refractivity contribution is 0.0951. The molecular formula is C17H15N3O3S. The van der Waals surface area contributed by atoms with Crippen LogP contribution in [0.5, 0.6) is 0 Å². The Balaban J connectivity index is 1.85. The molecule has 2 aromatic rings. The molecule has 1 aliphatic rings. The first-order valence-electron chi connectivity index (χ1n) is 7.42. The molecule has 1 fully saturated rings. The highest BCUT2D eigenvalue weighted by Crippen LogP contribution is 2.22. The largest absolute Gasteiger partial charge is 0.349 e. The second-order valence-corrected chi connectivity index (χ2v) is 7.19. The quantitative estimate of drug-likeness (QED) is 0.871. The van der Waals surface area contributed by atoms with E-state index in [0.717, 1.165) is 12.8 Å². The zero-order valence-corrected chi connectivity index (χ0v) is 13.5. The van der Waals surface area contributed by atoms with Gasteiger partial charge in [0.25, 0.3) is 15.9 Å². The molecule has 0 aromatic heterocycles. The minimum atomic E-state index is -3.91. The van der Waals surface area contributed by atoms with Crippen molar-refractivity contribution in [1.29, 1.82) is 5.26 Å². The average molecular weight is 341 g/mol. The standard InChI is InChI=1S/C17H15N3O3S/c18-11-13-4-1-2-7-16(13)24(22,23)20-15-6-3-5-12(10-15)17(21)19-14-8-9-14/h1-7,10,14,20H,8-9H2,(H,19,21). The Morgan fingerprint density at radius 2 is 1.88 bits per heavy atom. The van der Waals surface area contributed by atoms with Gasteiger partial charge >= 0.3 is 0 Å². The number of hydrogen-bond acceptors (Lipinski definition) is 4. The predicted octanol–water partition coefficient (Wildman–Crippen LogP) is 2.25. The van der Waals surface area contributed by atoms with Gasteiger partial charge < -0.3 is 5.32 Å². The van der Waals surface area contributed by atoms with Crippen LogP contribution >= 0.6 is 0 Å². The van der Waals surface area contributed by atoms with Gasteiger partial charge in [0.15, 0.2) is 0 Å². The molecule has 24 heavy (non-hydrogen) atoms. The van der Waals surface area contributed by atoms with E-state index in [2.05, 4.69) is 10.0 Å². The van der Waals surface area contributed by atoms with Crippen molar-refractivity contribution in [2.75, 3.05) is 4.72 Å². The Bertz CT molecular complexity index is 928. The van der Waals surface area contributed by atoms with Gasteiger partial charge in [0.05, 0.1) is 5.56 Å². The van der Waals surface area contributed by atoms with Crippen LogP contribution in [0.3, 0.4) is 0 Å². The summed E-state index contributed by atoms with van der Waals surface area (Å²) in [4.78, 5) is 12.0. The molecule has 1 aliphatic carbocycles. The Hall–Kier alpha value is -2.85. The van der Waals surface area contributed by atoms with Crippen LogP contribution in [0.4, 0.5) is 5.69 Å². The van der Waals surface area contributed by atoms with E-state index in [1.807, 2.05) is 6.07 Å². The summed E-state index contributed by atoms with van der Waals surface area (Å²) in [6.07, 6.45) is 1.95. The number of carbonyl (C=O) groups excluding carboxylic acids is 1. The van der Waals surface area contributed by atoms with E-state index in [0.29, 0.717) is 5.56 Å². The zero-order valence-electron chi connectivity index (χ0n) is 12.7. The fraction of sp³-hybridized carbons (Fsp3) is 0.176. The minimum Gasteiger partial charge on any atom is -0.349 e. The monoisotopic (exact) mass is 341 g/mol. The smallest absolute Gasteiger partial charge is 0.263 e. The molecule has 0 aliphatic heterocycles. The third kappa shape index (κ3) is 3.55. The van der Waals surface area contributed by atoms with Gasteiger partial charge in [-0.15, -0.1) is 0 Å². The molecular weight excluding hydrogens is 326 g/mol. The van der Waals surface area contributed by atoms with Crippen molar-refractivity contribution in [3.05, 3.63) is 59.7 Å². The maximum atomic E-state index is 12.5. The van der Waals surface area contributed by atoms with E-state index in [1.165, 1.54) is 18.2 Å². The minimum absolute atomic E-state index is 0.0626. The number of rotatable bonds is 5. The van der Waals surface area contributed by atoms with Crippen LogP contribution in [-0.4, -0.2) is 20.4 Å². The fourth-order valence-electron chi connectivity index (χ4n) is 2.22. The van der Waals surface area contributed by atoms with Crippen LogP contribution in [0.1, 0.15) is 28.8 Å². The lowest BCUT2D eigenvalue weighted by atomic mass is 10.2. The number of carbonyl (C=O) groups is 1. The summed E-state index contributed by atoms with van der Waals surface area (Å²) in [5.41, 5.74) is 0.717. The second-order valence-electron chi connectivity index (χ2n) is 5.54. The highest BCUT2D eigenvalue weighted by molar-refractivity contribution is 7.92. The Morgan fingerprint density at radius 3 is 2.58 bits per heavy atom. The summed E-state index contributed by atoms with van der Waals surface area (Å²) in [5.74, 6) is -0.226. The summed E-state index contributed by atoms with van der Waals surface area (Å²) in [7, 11) is -3.91. The molecule has 1 saturated carbocycles. The zero-order chi connectivity index (χ0) is 17.2. The summed E-state index contributed by atoms with van der Waals surface area (Å²) in [6.45, 7) is 0. The molecule has 0 saturated heterocycles. The summed E-state index contributed by atoms with van der Waals surface area (Å²) >= 11 is 0. The Morgan fingerprint density at radius 1 is 1.12 bits per heavy atom. The van der Waals surface area contributed by atoms with Crippen molar-refractivity contribution in [3.8, 4) is 6.07 Å². The molecule has 0 heterocycles. The average Bonchev–Trinajstić information content (AvgIpc) is 3.38. The normalized spacial score (nSPS) is 13.8. The van der Waals surface area contributed by atoms with Crippen molar-refractivity contribution in [2.45, 2.75) is 23.8 Å². The van der Waals surface area contributed by atoms with Crippen LogP contribution in [0.15, 0.2) is 53.4 Å². The molecule has 7 heteroatoms. The molecule has 122 valence electrons. The molecule has 2 aromatic carbocycles. The topological polar surface area (TPSA) is 99.1 Å². The van der Waals surface area contributed by atoms with E-state index in [9.17, 15) is 13.2 Å². The predicted molar refractivity (Wildman–Crippen MR) is 88.9 cm³/mol. The molecule has 0 bridgehead atoms. The van der Waals surface area contributed by atoms with Gasteiger partial charge in [0.1, 0.15) is 11.0 Å². The molecule has 6 nitrogen and oxygen atoms in total. The summed E-state index contributed by atoms with van der Waals surface area (Å²) in [5, 5.41) is 11.9. The fourth-order valence-corrected chi connectivity index (χ4v) is 3.43. The van der Waals surface area contributed by atoms with Crippen molar-refractivity contribution >= 4 is 21.6 Å². The van der Waals surface area contributed by atoms with Gasteiger partial charge in [-0.1, -0.05) is 18.2 Å². The number of amides is 1. The van der Waals surface area contributed by atoms with E-state index in [1.54, 1.807) is 30.3 Å². The number of hydrogen-bond donors (Lipinski definition) is 2. The second kappa shape index (κ2) is 6.34. The van der Waals surface area contributed by atoms with Gasteiger partial charge in [-0.2, -0.15) is 5.26 Å². The third-order valence-electron chi connectivity index (χ3n) is 3.59.